The van der Waals surface area contributed by atoms with E-state index in [9.17, 15) is 14.9 Å². The Kier molecular flexibility index (Phi) is 4.82. The van der Waals surface area contributed by atoms with E-state index in [4.69, 9.17) is 4.74 Å². The van der Waals surface area contributed by atoms with Gasteiger partial charge in [-0.05, 0) is 37.8 Å². The van der Waals surface area contributed by atoms with Gasteiger partial charge in [0.05, 0.1) is 35.2 Å². The molecule has 0 aliphatic heterocycles. The number of aryl methyl sites for hydroxylation is 1. The maximum Gasteiger partial charge on any atom is 0.319 e. The highest BCUT2D eigenvalue weighted by Gasteiger charge is 2.24. The molecule has 3 N–H and O–H groups in total. The second-order valence-corrected chi connectivity index (χ2v) is 5.72. The smallest absolute Gasteiger partial charge is 0.319 e. The lowest BCUT2D eigenvalue weighted by molar-refractivity contribution is -0.384. The molecule has 0 unspecified atom stereocenters. The number of urea groups is 1. The van der Waals surface area contributed by atoms with Crippen LogP contribution >= 0.6 is 0 Å². The van der Waals surface area contributed by atoms with Crippen molar-refractivity contribution in [2.75, 3.05) is 11.9 Å². The number of hydrogen-bond donors (Lipinski definition) is 3. The van der Waals surface area contributed by atoms with Crippen LogP contribution in [0.3, 0.4) is 0 Å². The average molecular weight is 345 g/mol. The number of aromatic amines is 1. The maximum absolute atomic E-state index is 12.4. The number of carbonyl (C=O) groups is 1. The van der Waals surface area contributed by atoms with E-state index in [2.05, 4.69) is 20.8 Å². The predicted molar refractivity (Wildman–Crippen MR) is 90.7 cm³/mol. The van der Waals surface area contributed by atoms with Crippen LogP contribution in [-0.2, 0) is 6.42 Å². The van der Waals surface area contributed by atoms with Gasteiger partial charge >= 0.3 is 6.03 Å². The molecule has 132 valence electrons. The first-order valence-corrected chi connectivity index (χ1v) is 8.09. The monoisotopic (exact) mass is 345 g/mol. The molecule has 1 aromatic heterocycles. The SMILES string of the molecule is CCOc1ccc([N+](=O)[O-])cc1NC(=O)N[C@@H]1CCCc2cn[nH]c21. The Bertz CT molecular complexity index is 789. The Morgan fingerprint density at radius 3 is 3.12 bits per heavy atom. The second kappa shape index (κ2) is 7.20. The van der Waals surface area contributed by atoms with Crippen LogP contribution in [0.25, 0.3) is 0 Å². The molecule has 1 aromatic carbocycles. The molecule has 0 fully saturated rings. The molecule has 0 radical (unpaired) electrons. The normalized spacial score (nSPS) is 16.0. The lowest BCUT2D eigenvalue weighted by Crippen LogP contribution is -2.34. The molecule has 0 saturated carbocycles. The number of nitrogens with zero attached hydrogens (tertiary/aromatic N) is 2. The first kappa shape index (κ1) is 16.7. The Morgan fingerprint density at radius 1 is 1.52 bits per heavy atom. The summed E-state index contributed by atoms with van der Waals surface area (Å²) in [6, 6.07) is 3.48. The van der Waals surface area contributed by atoms with Crippen LogP contribution in [0.1, 0.15) is 37.1 Å². The number of aromatic nitrogens is 2. The van der Waals surface area contributed by atoms with Gasteiger partial charge in [-0.2, -0.15) is 5.10 Å². The van der Waals surface area contributed by atoms with Crippen LogP contribution in [-0.4, -0.2) is 27.8 Å². The molecule has 0 bridgehead atoms. The fourth-order valence-corrected chi connectivity index (χ4v) is 2.93. The number of nitrogens with one attached hydrogen (secondary N) is 3. The van der Waals surface area contributed by atoms with E-state index in [-0.39, 0.29) is 17.4 Å². The molecule has 9 heteroatoms. The van der Waals surface area contributed by atoms with E-state index >= 15 is 0 Å². The summed E-state index contributed by atoms with van der Waals surface area (Å²) >= 11 is 0. The molecule has 0 saturated heterocycles. The number of fused-ring (bicyclic) bond motifs is 1. The lowest BCUT2D eigenvalue weighted by Gasteiger charge is -2.23. The predicted octanol–water partition coefficient (Wildman–Crippen LogP) is 2.92. The van der Waals surface area contributed by atoms with E-state index in [0.29, 0.717) is 12.4 Å². The minimum Gasteiger partial charge on any atom is -0.492 e. The summed E-state index contributed by atoms with van der Waals surface area (Å²) in [6.07, 6.45) is 4.47. The number of hydrogen-bond acceptors (Lipinski definition) is 5. The third-order valence-electron chi connectivity index (χ3n) is 4.07. The number of carbonyl (C=O) groups excluding carboxylic acids is 1. The summed E-state index contributed by atoms with van der Waals surface area (Å²) in [4.78, 5) is 22.8. The standard InChI is InChI=1S/C16H19N5O4/c1-2-25-14-7-6-11(21(23)24)8-13(14)19-16(22)18-12-5-3-4-10-9-17-20-15(10)12/h6-9,12H,2-5H2,1H3,(H,17,20)(H2,18,19,22)/t12-/m1/s1. The van der Waals surface area contributed by atoms with Crippen molar-refractivity contribution in [2.24, 2.45) is 0 Å². The molecular formula is C16H19N5O4. The van der Waals surface area contributed by atoms with Crippen molar-refractivity contribution < 1.29 is 14.5 Å². The number of non-ortho nitro benzene ring substituents is 1. The summed E-state index contributed by atoms with van der Waals surface area (Å²) < 4.78 is 5.43. The van der Waals surface area contributed by atoms with Crippen molar-refractivity contribution in [3.8, 4) is 5.75 Å². The number of anilines is 1. The van der Waals surface area contributed by atoms with Gasteiger partial charge in [-0.25, -0.2) is 4.79 Å². The Balaban J connectivity index is 1.74. The minimum atomic E-state index is -0.517. The molecule has 2 amide bonds. The number of nitro benzene ring substituents is 1. The number of H-pyrrole nitrogens is 1. The molecule has 0 spiro atoms. The quantitative estimate of drug-likeness (QED) is 0.568. The van der Waals surface area contributed by atoms with Crippen molar-refractivity contribution in [1.29, 1.82) is 0 Å². The topological polar surface area (TPSA) is 122 Å². The van der Waals surface area contributed by atoms with E-state index in [0.717, 1.165) is 30.5 Å². The van der Waals surface area contributed by atoms with E-state index < -0.39 is 11.0 Å². The second-order valence-electron chi connectivity index (χ2n) is 5.72. The molecule has 1 heterocycles. The Hall–Kier alpha value is -3.10. The highest BCUT2D eigenvalue weighted by Crippen LogP contribution is 2.30. The van der Waals surface area contributed by atoms with Gasteiger partial charge in [-0.1, -0.05) is 0 Å². The van der Waals surface area contributed by atoms with Crippen molar-refractivity contribution in [3.05, 3.63) is 45.8 Å². The molecule has 1 aliphatic carbocycles. The van der Waals surface area contributed by atoms with Crippen molar-refractivity contribution >= 4 is 17.4 Å². The highest BCUT2D eigenvalue weighted by atomic mass is 16.6. The number of amides is 2. The summed E-state index contributed by atoms with van der Waals surface area (Å²) in [6.45, 7) is 2.18. The van der Waals surface area contributed by atoms with Crippen LogP contribution in [0.15, 0.2) is 24.4 Å². The number of ether oxygens (including phenoxy) is 1. The van der Waals surface area contributed by atoms with Crippen LogP contribution in [0, 0.1) is 10.1 Å². The first-order chi connectivity index (χ1) is 12.1. The van der Waals surface area contributed by atoms with Crippen LogP contribution in [0.5, 0.6) is 5.75 Å². The van der Waals surface area contributed by atoms with Crippen molar-refractivity contribution in [3.63, 3.8) is 0 Å². The van der Waals surface area contributed by atoms with Gasteiger partial charge in [0.15, 0.2) is 0 Å². The van der Waals surface area contributed by atoms with Crippen LogP contribution in [0.2, 0.25) is 0 Å². The molecule has 1 atom stereocenters. The summed E-state index contributed by atoms with van der Waals surface area (Å²) in [5, 5.41) is 23.4. The Labute approximate surface area is 143 Å². The van der Waals surface area contributed by atoms with E-state index in [1.54, 1.807) is 13.1 Å². The number of benzene rings is 1. The molecule has 3 rings (SSSR count). The molecular weight excluding hydrogens is 326 g/mol. The van der Waals surface area contributed by atoms with Gasteiger partial charge in [-0.15, -0.1) is 0 Å². The zero-order chi connectivity index (χ0) is 17.8. The fraction of sp³-hybridized carbons (Fsp3) is 0.375. The van der Waals surface area contributed by atoms with Crippen LogP contribution in [0.4, 0.5) is 16.2 Å². The van der Waals surface area contributed by atoms with Gasteiger partial charge in [-0.3, -0.25) is 15.2 Å². The fourth-order valence-electron chi connectivity index (χ4n) is 2.93. The van der Waals surface area contributed by atoms with E-state index in [1.165, 1.54) is 18.2 Å². The first-order valence-electron chi connectivity index (χ1n) is 8.09. The summed E-state index contributed by atoms with van der Waals surface area (Å²) in [5.41, 5.74) is 2.15. The summed E-state index contributed by atoms with van der Waals surface area (Å²) in [7, 11) is 0. The largest absolute Gasteiger partial charge is 0.492 e. The molecule has 25 heavy (non-hydrogen) atoms. The third-order valence-corrected chi connectivity index (χ3v) is 4.07. The van der Waals surface area contributed by atoms with Gasteiger partial charge < -0.3 is 15.4 Å². The molecule has 1 aliphatic rings. The molecule has 2 aromatic rings. The highest BCUT2D eigenvalue weighted by molar-refractivity contribution is 5.91. The maximum atomic E-state index is 12.4. The summed E-state index contributed by atoms with van der Waals surface area (Å²) in [5.74, 6) is 0.383. The van der Waals surface area contributed by atoms with Crippen molar-refractivity contribution in [1.82, 2.24) is 15.5 Å². The Morgan fingerprint density at radius 2 is 2.36 bits per heavy atom. The van der Waals surface area contributed by atoms with E-state index in [1.807, 2.05) is 0 Å². The zero-order valence-electron chi connectivity index (χ0n) is 13.7. The van der Waals surface area contributed by atoms with Crippen molar-refractivity contribution in [2.45, 2.75) is 32.2 Å². The van der Waals surface area contributed by atoms with Crippen LogP contribution < -0.4 is 15.4 Å². The molecule has 9 nitrogen and oxygen atoms in total. The van der Waals surface area contributed by atoms with Gasteiger partial charge in [0.25, 0.3) is 5.69 Å². The zero-order valence-corrected chi connectivity index (χ0v) is 13.7. The van der Waals surface area contributed by atoms with Gasteiger partial charge in [0.2, 0.25) is 0 Å². The van der Waals surface area contributed by atoms with Gasteiger partial charge in [0, 0.05) is 12.1 Å². The lowest BCUT2D eigenvalue weighted by atomic mass is 9.94. The number of nitro groups is 1. The average Bonchev–Trinajstić information content (AvgIpc) is 3.06. The van der Waals surface area contributed by atoms with Gasteiger partial charge in [0.1, 0.15) is 5.75 Å². The third kappa shape index (κ3) is 3.70. The number of rotatable bonds is 5. The minimum absolute atomic E-state index is 0.118.